The molecule has 0 saturated carbocycles. The second-order valence-corrected chi connectivity index (χ2v) is 4.73. The summed E-state index contributed by atoms with van der Waals surface area (Å²) in [6.45, 7) is 2.86. The van der Waals surface area contributed by atoms with Crippen LogP contribution in [0.3, 0.4) is 0 Å². The minimum Gasteiger partial charge on any atom is -0.326 e. The highest BCUT2D eigenvalue weighted by atomic mass is 32.1. The Bertz CT molecular complexity index is 505. The van der Waals surface area contributed by atoms with E-state index in [0.717, 1.165) is 9.75 Å². The second kappa shape index (κ2) is 4.93. The molecular formula is C11H13F2N3S. The van der Waals surface area contributed by atoms with Gasteiger partial charge >= 0.3 is 0 Å². The van der Waals surface area contributed by atoms with Gasteiger partial charge in [0.1, 0.15) is 5.69 Å². The first-order chi connectivity index (χ1) is 8.15. The fraction of sp³-hybridized carbons (Fsp3) is 0.364. The molecule has 17 heavy (non-hydrogen) atoms. The van der Waals surface area contributed by atoms with Crippen molar-refractivity contribution in [3.63, 3.8) is 0 Å². The maximum atomic E-state index is 12.9. The lowest BCUT2D eigenvalue weighted by Crippen LogP contribution is -1.93. The summed E-state index contributed by atoms with van der Waals surface area (Å²) >= 11 is 1.41. The molecular weight excluding hydrogens is 244 g/mol. The molecule has 0 fully saturated rings. The number of nitrogens with zero attached hydrogens (tertiary/aromatic N) is 2. The Morgan fingerprint density at radius 1 is 1.47 bits per heavy atom. The van der Waals surface area contributed by atoms with Gasteiger partial charge in [0.2, 0.25) is 0 Å². The third kappa shape index (κ3) is 2.37. The van der Waals surface area contributed by atoms with E-state index < -0.39 is 6.43 Å². The van der Waals surface area contributed by atoms with Gasteiger partial charge < -0.3 is 5.73 Å². The molecule has 2 aromatic rings. The molecule has 0 aliphatic carbocycles. The lowest BCUT2D eigenvalue weighted by Gasteiger charge is -1.97. The van der Waals surface area contributed by atoms with Gasteiger partial charge in [0.15, 0.2) is 0 Å². The number of hydrogen-bond donors (Lipinski definition) is 1. The van der Waals surface area contributed by atoms with Crippen molar-refractivity contribution in [3.05, 3.63) is 28.8 Å². The number of hydrogen-bond acceptors (Lipinski definition) is 3. The van der Waals surface area contributed by atoms with Crippen LogP contribution in [0.2, 0.25) is 0 Å². The quantitative estimate of drug-likeness (QED) is 0.915. The van der Waals surface area contributed by atoms with Crippen LogP contribution in [-0.4, -0.2) is 9.78 Å². The van der Waals surface area contributed by atoms with Gasteiger partial charge in [-0.15, -0.1) is 11.3 Å². The number of nitrogens with two attached hydrogens (primary N) is 1. The van der Waals surface area contributed by atoms with Crippen molar-refractivity contribution in [1.82, 2.24) is 9.78 Å². The first-order valence-corrected chi connectivity index (χ1v) is 6.12. The Balaban J connectivity index is 2.45. The fourth-order valence-corrected chi connectivity index (χ4v) is 2.46. The molecule has 0 spiro atoms. The summed E-state index contributed by atoms with van der Waals surface area (Å²) in [7, 11) is 0. The number of thiophene rings is 1. The van der Waals surface area contributed by atoms with Gasteiger partial charge in [0.05, 0.1) is 10.4 Å². The molecule has 6 heteroatoms. The minimum atomic E-state index is -2.51. The monoisotopic (exact) mass is 257 g/mol. The summed E-state index contributed by atoms with van der Waals surface area (Å²) < 4.78 is 27.3. The van der Waals surface area contributed by atoms with Crippen LogP contribution in [0.1, 0.15) is 23.8 Å². The van der Waals surface area contributed by atoms with Crippen molar-refractivity contribution in [2.45, 2.75) is 26.4 Å². The molecule has 0 amide bonds. The maximum Gasteiger partial charge on any atom is 0.267 e. The maximum absolute atomic E-state index is 12.9. The van der Waals surface area contributed by atoms with E-state index in [1.807, 2.05) is 13.0 Å². The van der Waals surface area contributed by atoms with Crippen LogP contribution in [0.25, 0.3) is 10.6 Å². The molecule has 92 valence electrons. The van der Waals surface area contributed by atoms with Gasteiger partial charge in [0.25, 0.3) is 6.43 Å². The average Bonchev–Trinajstić information content (AvgIpc) is 2.94. The van der Waals surface area contributed by atoms with Crippen molar-refractivity contribution >= 4 is 11.3 Å². The smallest absolute Gasteiger partial charge is 0.267 e. The van der Waals surface area contributed by atoms with Crippen LogP contribution in [0, 0.1) is 0 Å². The van der Waals surface area contributed by atoms with Crippen molar-refractivity contribution in [3.8, 4) is 10.6 Å². The van der Waals surface area contributed by atoms with E-state index >= 15 is 0 Å². The summed E-state index contributed by atoms with van der Waals surface area (Å²) in [5.74, 6) is 0. The van der Waals surface area contributed by atoms with Crippen LogP contribution in [0.15, 0.2) is 18.3 Å². The summed E-state index contributed by atoms with van der Waals surface area (Å²) in [5.41, 5.74) is 5.86. The Labute approximate surface area is 102 Å². The third-order valence-corrected chi connectivity index (χ3v) is 3.56. The van der Waals surface area contributed by atoms with Gasteiger partial charge in [-0.05, 0) is 19.1 Å². The Kier molecular flexibility index (Phi) is 3.54. The van der Waals surface area contributed by atoms with Crippen LogP contribution in [0.4, 0.5) is 8.78 Å². The predicted octanol–water partition coefficient (Wildman–Crippen LogP) is 3.03. The van der Waals surface area contributed by atoms with Gasteiger partial charge in [-0.2, -0.15) is 5.10 Å². The average molecular weight is 257 g/mol. The molecule has 0 bridgehead atoms. The zero-order valence-electron chi connectivity index (χ0n) is 9.36. The van der Waals surface area contributed by atoms with Crippen molar-refractivity contribution in [2.75, 3.05) is 0 Å². The SMILES string of the molecule is CCn1cc(C(F)F)c(-c2ccc(CN)s2)n1. The summed E-state index contributed by atoms with van der Waals surface area (Å²) in [6.07, 6.45) is -1.10. The molecule has 0 atom stereocenters. The standard InChI is InChI=1S/C11H13F2N3S/c1-2-16-6-8(11(12)13)10(15-16)9-4-3-7(5-14)17-9/h3-4,6,11H,2,5,14H2,1H3. The predicted molar refractivity (Wildman–Crippen MR) is 64.1 cm³/mol. The van der Waals surface area contributed by atoms with Crippen LogP contribution < -0.4 is 5.73 Å². The largest absolute Gasteiger partial charge is 0.326 e. The number of aryl methyl sites for hydroxylation is 1. The molecule has 0 aliphatic rings. The summed E-state index contributed by atoms with van der Waals surface area (Å²) in [6, 6.07) is 3.64. The van der Waals surface area contributed by atoms with Crippen molar-refractivity contribution < 1.29 is 8.78 Å². The Morgan fingerprint density at radius 3 is 2.76 bits per heavy atom. The molecule has 0 saturated heterocycles. The summed E-state index contributed by atoms with van der Waals surface area (Å²) in [5, 5.41) is 4.17. The zero-order chi connectivity index (χ0) is 12.4. The Morgan fingerprint density at radius 2 is 2.24 bits per heavy atom. The first kappa shape index (κ1) is 12.2. The van der Waals surface area contributed by atoms with Gasteiger partial charge in [-0.3, -0.25) is 4.68 Å². The number of aromatic nitrogens is 2. The molecule has 0 aromatic carbocycles. The van der Waals surface area contributed by atoms with Gasteiger partial charge in [-0.25, -0.2) is 8.78 Å². The second-order valence-electron chi connectivity index (χ2n) is 3.56. The fourth-order valence-electron chi connectivity index (χ4n) is 1.56. The molecule has 0 radical (unpaired) electrons. The van der Waals surface area contributed by atoms with Gasteiger partial charge in [-0.1, -0.05) is 0 Å². The highest BCUT2D eigenvalue weighted by Crippen LogP contribution is 2.34. The molecule has 2 rings (SSSR count). The molecule has 2 N–H and O–H groups in total. The molecule has 2 heterocycles. The van der Waals surface area contributed by atoms with Gasteiger partial charge in [0, 0.05) is 24.2 Å². The van der Waals surface area contributed by atoms with E-state index in [4.69, 9.17) is 5.73 Å². The van der Waals surface area contributed by atoms with Crippen LogP contribution >= 0.6 is 11.3 Å². The highest BCUT2D eigenvalue weighted by Gasteiger charge is 2.19. The third-order valence-electron chi connectivity index (χ3n) is 2.45. The summed E-state index contributed by atoms with van der Waals surface area (Å²) in [4.78, 5) is 1.71. The van der Waals surface area contributed by atoms with E-state index in [2.05, 4.69) is 5.10 Å². The Hall–Kier alpha value is -1.27. The molecule has 3 nitrogen and oxygen atoms in total. The number of halogens is 2. The topological polar surface area (TPSA) is 43.8 Å². The normalized spacial score (nSPS) is 11.4. The highest BCUT2D eigenvalue weighted by molar-refractivity contribution is 7.15. The number of alkyl halides is 2. The van der Waals surface area contributed by atoms with Crippen LogP contribution in [0.5, 0.6) is 0 Å². The first-order valence-electron chi connectivity index (χ1n) is 5.30. The molecule has 0 unspecified atom stereocenters. The van der Waals surface area contributed by atoms with E-state index in [9.17, 15) is 8.78 Å². The van der Waals surface area contributed by atoms with E-state index in [1.165, 1.54) is 22.2 Å². The number of rotatable bonds is 4. The van der Waals surface area contributed by atoms with Crippen molar-refractivity contribution in [2.24, 2.45) is 5.73 Å². The van der Waals surface area contributed by atoms with E-state index in [1.54, 1.807) is 6.07 Å². The van der Waals surface area contributed by atoms with Crippen molar-refractivity contribution in [1.29, 1.82) is 0 Å². The minimum absolute atomic E-state index is 0.0164. The van der Waals surface area contributed by atoms with E-state index in [0.29, 0.717) is 18.8 Å². The molecule has 0 aliphatic heterocycles. The zero-order valence-corrected chi connectivity index (χ0v) is 10.2. The lowest BCUT2D eigenvalue weighted by atomic mass is 10.2. The molecule has 2 aromatic heterocycles. The van der Waals surface area contributed by atoms with E-state index in [-0.39, 0.29) is 5.56 Å². The lowest BCUT2D eigenvalue weighted by molar-refractivity contribution is 0.152. The van der Waals surface area contributed by atoms with Crippen LogP contribution in [-0.2, 0) is 13.1 Å².